The van der Waals surface area contributed by atoms with Gasteiger partial charge in [0.2, 0.25) is 5.75 Å². The van der Waals surface area contributed by atoms with Gasteiger partial charge in [0.15, 0.2) is 29.0 Å². The van der Waals surface area contributed by atoms with E-state index in [9.17, 15) is 5.11 Å². The number of hydrogen-bond acceptors (Lipinski definition) is 7. The van der Waals surface area contributed by atoms with Crippen LogP contribution in [0.15, 0.2) is 66.7 Å². The minimum absolute atomic E-state index is 0.0866. The average molecular weight is 415 g/mol. The van der Waals surface area contributed by atoms with Crippen molar-refractivity contribution in [1.29, 1.82) is 0 Å². The minimum Gasteiger partial charge on any atom is -0.507 e. The first kappa shape index (κ1) is 20.2. The molecule has 0 aliphatic heterocycles. The zero-order valence-corrected chi connectivity index (χ0v) is 17.4. The summed E-state index contributed by atoms with van der Waals surface area (Å²) in [6.07, 6.45) is 0. The second-order valence-corrected chi connectivity index (χ2v) is 6.60. The first-order valence-electron chi connectivity index (χ1n) is 9.55. The number of nitrogens with zero attached hydrogens (tertiary/aromatic N) is 3. The van der Waals surface area contributed by atoms with Crippen LogP contribution in [-0.2, 0) is 0 Å². The molecule has 156 valence electrons. The third-order valence-corrected chi connectivity index (χ3v) is 4.74. The number of phenols is 1. The molecule has 0 saturated heterocycles. The predicted octanol–water partition coefficient (Wildman–Crippen LogP) is 4.60. The molecule has 0 aliphatic rings. The maximum absolute atomic E-state index is 10.4. The van der Waals surface area contributed by atoms with Crippen LogP contribution in [0, 0.1) is 0 Å². The third-order valence-electron chi connectivity index (χ3n) is 4.74. The van der Waals surface area contributed by atoms with Crippen molar-refractivity contribution in [2.75, 3.05) is 21.3 Å². The normalized spacial score (nSPS) is 10.5. The SMILES string of the molecule is COc1cc(-c2nc(-c3ccccc3)nc(-c3ccccc3O)n2)cc(OC)c1OC. The number of benzene rings is 3. The van der Waals surface area contributed by atoms with Crippen LogP contribution in [0.3, 0.4) is 0 Å². The summed E-state index contributed by atoms with van der Waals surface area (Å²) in [6.45, 7) is 0. The molecule has 7 nitrogen and oxygen atoms in total. The van der Waals surface area contributed by atoms with Crippen LogP contribution in [0.5, 0.6) is 23.0 Å². The van der Waals surface area contributed by atoms with Crippen LogP contribution in [0.4, 0.5) is 0 Å². The van der Waals surface area contributed by atoms with E-state index >= 15 is 0 Å². The van der Waals surface area contributed by atoms with E-state index in [1.165, 1.54) is 0 Å². The molecule has 0 bridgehead atoms. The fourth-order valence-electron chi connectivity index (χ4n) is 3.21. The van der Waals surface area contributed by atoms with Crippen molar-refractivity contribution in [2.45, 2.75) is 0 Å². The van der Waals surface area contributed by atoms with E-state index in [0.29, 0.717) is 45.8 Å². The van der Waals surface area contributed by atoms with Gasteiger partial charge in [-0.2, -0.15) is 0 Å². The fraction of sp³-hybridized carbons (Fsp3) is 0.125. The molecule has 0 radical (unpaired) electrons. The van der Waals surface area contributed by atoms with E-state index in [-0.39, 0.29) is 5.75 Å². The van der Waals surface area contributed by atoms with Crippen molar-refractivity contribution >= 4 is 0 Å². The van der Waals surface area contributed by atoms with E-state index < -0.39 is 0 Å². The number of hydrogen-bond donors (Lipinski definition) is 1. The molecule has 4 aromatic rings. The van der Waals surface area contributed by atoms with E-state index in [4.69, 9.17) is 14.2 Å². The highest BCUT2D eigenvalue weighted by Gasteiger charge is 2.18. The molecule has 0 spiro atoms. The molecule has 1 heterocycles. The van der Waals surface area contributed by atoms with Gasteiger partial charge in [-0.15, -0.1) is 0 Å². The van der Waals surface area contributed by atoms with E-state index in [1.54, 1.807) is 51.7 Å². The van der Waals surface area contributed by atoms with E-state index in [2.05, 4.69) is 15.0 Å². The summed E-state index contributed by atoms with van der Waals surface area (Å²) < 4.78 is 16.4. The van der Waals surface area contributed by atoms with Gasteiger partial charge in [-0.25, -0.2) is 15.0 Å². The highest BCUT2D eigenvalue weighted by atomic mass is 16.5. The monoisotopic (exact) mass is 415 g/mol. The number of methoxy groups -OCH3 is 3. The highest BCUT2D eigenvalue weighted by Crippen LogP contribution is 2.41. The molecule has 0 saturated carbocycles. The zero-order valence-electron chi connectivity index (χ0n) is 17.4. The van der Waals surface area contributed by atoms with Crippen LogP contribution in [0.2, 0.25) is 0 Å². The Bertz CT molecular complexity index is 1190. The van der Waals surface area contributed by atoms with Gasteiger partial charge in [0, 0.05) is 11.1 Å². The Kier molecular flexibility index (Phi) is 5.66. The lowest BCUT2D eigenvalue weighted by atomic mass is 10.1. The van der Waals surface area contributed by atoms with Crippen molar-refractivity contribution in [3.8, 4) is 57.2 Å². The predicted molar refractivity (Wildman–Crippen MR) is 117 cm³/mol. The third kappa shape index (κ3) is 3.98. The van der Waals surface area contributed by atoms with Gasteiger partial charge in [0.1, 0.15) is 5.75 Å². The summed E-state index contributed by atoms with van der Waals surface area (Å²) in [7, 11) is 4.65. The van der Waals surface area contributed by atoms with Crippen molar-refractivity contribution in [1.82, 2.24) is 15.0 Å². The number of aromatic nitrogens is 3. The standard InChI is InChI=1S/C24H21N3O4/c1-29-19-13-16(14-20(30-2)21(19)31-3)23-25-22(15-9-5-4-6-10-15)26-24(27-23)17-11-7-8-12-18(17)28/h4-14,28H,1-3H3. The maximum atomic E-state index is 10.4. The van der Waals surface area contributed by atoms with Crippen LogP contribution >= 0.6 is 0 Å². The molecule has 4 rings (SSSR count). The maximum Gasteiger partial charge on any atom is 0.203 e. The lowest BCUT2D eigenvalue weighted by Gasteiger charge is -2.14. The summed E-state index contributed by atoms with van der Waals surface area (Å²) in [4.78, 5) is 13.9. The first-order valence-corrected chi connectivity index (χ1v) is 9.55. The molecular formula is C24H21N3O4. The lowest BCUT2D eigenvalue weighted by Crippen LogP contribution is -2.01. The Balaban J connectivity index is 1.96. The van der Waals surface area contributed by atoms with Gasteiger partial charge in [0.05, 0.1) is 26.9 Å². The summed E-state index contributed by atoms with van der Waals surface area (Å²) in [5.41, 5.74) is 2.00. The Morgan fingerprint density at radius 3 is 1.74 bits per heavy atom. The summed E-state index contributed by atoms with van der Waals surface area (Å²) in [6, 6.07) is 20.1. The second kappa shape index (κ2) is 8.71. The molecule has 1 N–H and O–H groups in total. The molecule has 0 fully saturated rings. The van der Waals surface area contributed by atoms with Gasteiger partial charge in [-0.05, 0) is 24.3 Å². The van der Waals surface area contributed by atoms with Gasteiger partial charge in [0.25, 0.3) is 0 Å². The minimum atomic E-state index is 0.0866. The Hall–Kier alpha value is -4.13. The topological polar surface area (TPSA) is 86.6 Å². The van der Waals surface area contributed by atoms with Gasteiger partial charge >= 0.3 is 0 Å². The Morgan fingerprint density at radius 1 is 0.613 bits per heavy atom. The average Bonchev–Trinajstić information content (AvgIpc) is 2.83. The fourth-order valence-corrected chi connectivity index (χ4v) is 3.21. The van der Waals surface area contributed by atoms with Crippen molar-refractivity contribution in [3.05, 3.63) is 66.7 Å². The first-order chi connectivity index (χ1) is 15.1. The number of ether oxygens (including phenoxy) is 3. The van der Waals surface area contributed by atoms with Gasteiger partial charge < -0.3 is 19.3 Å². The van der Waals surface area contributed by atoms with Crippen LogP contribution in [-0.4, -0.2) is 41.4 Å². The molecule has 0 aliphatic carbocycles. The molecule has 31 heavy (non-hydrogen) atoms. The summed E-state index contributed by atoms with van der Waals surface area (Å²) in [5, 5.41) is 10.4. The number of para-hydroxylation sites is 1. The van der Waals surface area contributed by atoms with Crippen molar-refractivity contribution in [2.24, 2.45) is 0 Å². The molecule has 0 amide bonds. The van der Waals surface area contributed by atoms with Crippen LogP contribution in [0.25, 0.3) is 34.2 Å². The van der Waals surface area contributed by atoms with Gasteiger partial charge in [-0.3, -0.25) is 0 Å². The molecule has 3 aromatic carbocycles. The number of aromatic hydroxyl groups is 1. The summed E-state index contributed by atoms with van der Waals surface area (Å²) >= 11 is 0. The molecule has 7 heteroatoms. The highest BCUT2D eigenvalue weighted by molar-refractivity contribution is 5.72. The smallest absolute Gasteiger partial charge is 0.203 e. The summed E-state index contributed by atoms with van der Waals surface area (Å²) in [5.74, 6) is 2.79. The lowest BCUT2D eigenvalue weighted by molar-refractivity contribution is 0.324. The van der Waals surface area contributed by atoms with Crippen molar-refractivity contribution in [3.63, 3.8) is 0 Å². The van der Waals surface area contributed by atoms with Crippen LogP contribution < -0.4 is 14.2 Å². The number of phenolic OH excluding ortho intramolecular Hbond substituents is 1. The van der Waals surface area contributed by atoms with E-state index in [0.717, 1.165) is 5.56 Å². The molecular weight excluding hydrogens is 394 g/mol. The zero-order chi connectivity index (χ0) is 21.8. The molecule has 0 atom stereocenters. The van der Waals surface area contributed by atoms with Crippen molar-refractivity contribution < 1.29 is 19.3 Å². The molecule has 0 unspecified atom stereocenters. The second-order valence-electron chi connectivity index (χ2n) is 6.60. The van der Waals surface area contributed by atoms with Crippen LogP contribution in [0.1, 0.15) is 0 Å². The molecule has 1 aromatic heterocycles. The van der Waals surface area contributed by atoms with Gasteiger partial charge in [-0.1, -0.05) is 42.5 Å². The van der Waals surface area contributed by atoms with E-state index in [1.807, 2.05) is 36.4 Å². The number of rotatable bonds is 6. The Labute approximate surface area is 179 Å². The quantitative estimate of drug-likeness (QED) is 0.492. The Morgan fingerprint density at radius 2 is 1.16 bits per heavy atom. The largest absolute Gasteiger partial charge is 0.507 e.